The first-order valence-corrected chi connectivity index (χ1v) is 9.68. The second kappa shape index (κ2) is 8.56. The van der Waals surface area contributed by atoms with E-state index in [2.05, 4.69) is 46.4 Å². The maximum Gasteiger partial charge on any atom is 0.0181 e. The smallest absolute Gasteiger partial charge is 0.0181 e. The summed E-state index contributed by atoms with van der Waals surface area (Å²) in [6.45, 7) is 17.1. The molecule has 0 spiro atoms. The zero-order valence-electron chi connectivity index (χ0n) is 15.8. The van der Waals surface area contributed by atoms with E-state index in [9.17, 15) is 0 Å². The van der Waals surface area contributed by atoms with Gasteiger partial charge in [0.15, 0.2) is 0 Å². The van der Waals surface area contributed by atoms with Gasteiger partial charge < -0.3 is 0 Å². The Bertz CT molecular complexity index is 266. The molecule has 0 N–H and O–H groups in total. The molecular weight excluding hydrogens is 254 g/mol. The van der Waals surface area contributed by atoms with Crippen molar-refractivity contribution in [1.29, 1.82) is 0 Å². The molecule has 1 heterocycles. The molecule has 0 bridgehead atoms. The highest BCUT2D eigenvalue weighted by atomic mass is 15.2. The lowest BCUT2D eigenvalue weighted by Gasteiger charge is -2.53. The van der Waals surface area contributed by atoms with Crippen molar-refractivity contribution in [2.45, 2.75) is 105 Å². The highest BCUT2D eigenvalue weighted by Gasteiger charge is 2.41. The van der Waals surface area contributed by atoms with Gasteiger partial charge in [-0.3, -0.25) is 4.90 Å². The van der Waals surface area contributed by atoms with Crippen molar-refractivity contribution in [3.05, 3.63) is 0 Å². The molecule has 126 valence electrons. The highest BCUT2D eigenvalue weighted by molar-refractivity contribution is 4.95. The van der Waals surface area contributed by atoms with Gasteiger partial charge in [-0.2, -0.15) is 0 Å². The lowest BCUT2D eigenvalue weighted by molar-refractivity contribution is -0.0354. The molecule has 1 saturated heterocycles. The van der Waals surface area contributed by atoms with Crippen LogP contribution in [0.5, 0.6) is 0 Å². The summed E-state index contributed by atoms with van der Waals surface area (Å²) in [5, 5.41) is 0. The molecule has 0 aromatic carbocycles. The van der Waals surface area contributed by atoms with Crippen LogP contribution in [0.1, 0.15) is 99.3 Å². The quantitative estimate of drug-likeness (QED) is 0.434. The van der Waals surface area contributed by atoms with E-state index in [1.165, 1.54) is 70.9 Å². The van der Waals surface area contributed by atoms with E-state index in [0.717, 1.165) is 5.92 Å². The van der Waals surface area contributed by atoms with Crippen molar-refractivity contribution in [2.24, 2.45) is 11.3 Å². The molecule has 0 aliphatic carbocycles. The van der Waals surface area contributed by atoms with E-state index in [0.29, 0.717) is 11.0 Å². The number of hydrogen-bond acceptors (Lipinski definition) is 1. The minimum atomic E-state index is 0.478. The summed E-state index contributed by atoms with van der Waals surface area (Å²) in [7, 11) is 0. The molecular formula is C20H41N. The summed E-state index contributed by atoms with van der Waals surface area (Å²) in [6.07, 6.45) is 12.4. The fourth-order valence-electron chi connectivity index (χ4n) is 4.89. The largest absolute Gasteiger partial charge is 0.297 e. The fourth-order valence-corrected chi connectivity index (χ4v) is 4.89. The zero-order valence-corrected chi connectivity index (χ0v) is 15.8. The summed E-state index contributed by atoms with van der Waals surface area (Å²) in [4.78, 5) is 2.79. The molecule has 1 rings (SSSR count). The van der Waals surface area contributed by atoms with Crippen LogP contribution >= 0.6 is 0 Å². The molecule has 0 saturated carbocycles. The Morgan fingerprint density at radius 3 is 1.57 bits per heavy atom. The molecule has 0 aromatic rings. The molecule has 0 unspecified atom stereocenters. The predicted molar refractivity (Wildman–Crippen MR) is 95.8 cm³/mol. The Morgan fingerprint density at radius 2 is 1.19 bits per heavy atom. The van der Waals surface area contributed by atoms with E-state index in [-0.39, 0.29) is 0 Å². The van der Waals surface area contributed by atoms with Gasteiger partial charge in [0.05, 0.1) is 0 Å². The van der Waals surface area contributed by atoms with Crippen molar-refractivity contribution in [3.63, 3.8) is 0 Å². The van der Waals surface area contributed by atoms with Crippen LogP contribution in [0.25, 0.3) is 0 Å². The van der Waals surface area contributed by atoms with Crippen molar-refractivity contribution in [1.82, 2.24) is 4.90 Å². The third-order valence-electron chi connectivity index (χ3n) is 5.79. The van der Waals surface area contributed by atoms with Gasteiger partial charge in [0.2, 0.25) is 0 Å². The molecule has 21 heavy (non-hydrogen) atoms. The first kappa shape index (κ1) is 19.0. The molecule has 1 aliphatic rings. The van der Waals surface area contributed by atoms with Crippen molar-refractivity contribution in [2.75, 3.05) is 13.1 Å². The van der Waals surface area contributed by atoms with Crippen LogP contribution in [0.4, 0.5) is 0 Å². The van der Waals surface area contributed by atoms with Gasteiger partial charge in [-0.15, -0.1) is 0 Å². The molecule has 1 fully saturated rings. The minimum Gasteiger partial charge on any atom is -0.297 e. The first-order chi connectivity index (χ1) is 9.93. The van der Waals surface area contributed by atoms with Crippen molar-refractivity contribution in [3.8, 4) is 0 Å². The monoisotopic (exact) mass is 295 g/mol. The second-order valence-electron chi connectivity index (χ2n) is 8.28. The van der Waals surface area contributed by atoms with Crippen LogP contribution in [0.3, 0.4) is 0 Å². The van der Waals surface area contributed by atoms with Crippen LogP contribution < -0.4 is 0 Å². The third kappa shape index (κ3) is 5.27. The maximum atomic E-state index is 2.79. The Kier molecular flexibility index (Phi) is 7.74. The average Bonchev–Trinajstić information content (AvgIpc) is 2.34. The molecule has 0 radical (unpaired) electrons. The minimum absolute atomic E-state index is 0.478. The maximum absolute atomic E-state index is 2.79. The Morgan fingerprint density at radius 1 is 0.762 bits per heavy atom. The molecule has 0 amide bonds. The summed E-state index contributed by atoms with van der Waals surface area (Å²) < 4.78 is 0. The van der Waals surface area contributed by atoms with E-state index in [4.69, 9.17) is 0 Å². The lowest BCUT2D eigenvalue weighted by atomic mass is 9.71. The van der Waals surface area contributed by atoms with Gasteiger partial charge in [0.1, 0.15) is 0 Å². The molecule has 0 aromatic heterocycles. The summed E-state index contributed by atoms with van der Waals surface area (Å²) >= 11 is 0. The van der Waals surface area contributed by atoms with Crippen LogP contribution in [0.15, 0.2) is 0 Å². The van der Waals surface area contributed by atoms with E-state index in [1.807, 2.05) is 0 Å². The Balaban J connectivity index is 2.50. The summed E-state index contributed by atoms with van der Waals surface area (Å²) in [6, 6.07) is 0. The Hall–Kier alpha value is -0.0400. The summed E-state index contributed by atoms with van der Waals surface area (Å²) in [5.41, 5.74) is 1.08. The van der Waals surface area contributed by atoms with Crippen LogP contribution in [0, 0.1) is 11.3 Å². The van der Waals surface area contributed by atoms with Crippen molar-refractivity contribution >= 4 is 0 Å². The van der Waals surface area contributed by atoms with Crippen LogP contribution in [-0.4, -0.2) is 23.5 Å². The van der Waals surface area contributed by atoms with Crippen LogP contribution in [-0.2, 0) is 0 Å². The fraction of sp³-hybridized carbons (Fsp3) is 1.00. The third-order valence-corrected chi connectivity index (χ3v) is 5.79. The molecule has 1 nitrogen and oxygen atoms in total. The molecule has 1 aliphatic heterocycles. The predicted octanol–water partition coefficient (Wildman–Crippen LogP) is 6.27. The zero-order chi connectivity index (χ0) is 15.9. The number of hydrogen-bond donors (Lipinski definition) is 0. The van der Waals surface area contributed by atoms with E-state index < -0.39 is 0 Å². The standard InChI is InChI=1S/C20H41N/c1-7-11-19(5,12-8-2)15-18-16-21(17-18)20(6,13-9-3)14-10-4/h18H,7-17H2,1-6H3. The van der Waals surface area contributed by atoms with Gasteiger partial charge in [-0.05, 0) is 50.4 Å². The number of likely N-dealkylation sites (tertiary alicyclic amines) is 1. The van der Waals surface area contributed by atoms with Gasteiger partial charge in [-0.25, -0.2) is 0 Å². The average molecular weight is 296 g/mol. The Labute approximate surface area is 134 Å². The normalized spacial score (nSPS) is 18.0. The van der Waals surface area contributed by atoms with E-state index >= 15 is 0 Å². The van der Waals surface area contributed by atoms with E-state index in [1.54, 1.807) is 0 Å². The lowest BCUT2D eigenvalue weighted by Crippen LogP contribution is -2.59. The number of nitrogens with zero attached hydrogens (tertiary/aromatic N) is 1. The van der Waals surface area contributed by atoms with Crippen LogP contribution in [0.2, 0.25) is 0 Å². The molecule has 0 atom stereocenters. The van der Waals surface area contributed by atoms with Gasteiger partial charge in [0, 0.05) is 18.6 Å². The topological polar surface area (TPSA) is 3.24 Å². The van der Waals surface area contributed by atoms with Gasteiger partial charge in [-0.1, -0.05) is 60.3 Å². The summed E-state index contributed by atoms with van der Waals surface area (Å²) in [5.74, 6) is 0.959. The highest BCUT2D eigenvalue weighted by Crippen LogP contribution is 2.41. The first-order valence-electron chi connectivity index (χ1n) is 9.68. The van der Waals surface area contributed by atoms with Gasteiger partial charge in [0.25, 0.3) is 0 Å². The SMILES string of the molecule is CCCC(C)(CCC)CC1CN(C(C)(CCC)CCC)C1. The second-order valence-corrected chi connectivity index (χ2v) is 8.28. The molecule has 1 heteroatoms. The number of rotatable bonds is 11. The van der Waals surface area contributed by atoms with Gasteiger partial charge >= 0.3 is 0 Å². The van der Waals surface area contributed by atoms with Crippen molar-refractivity contribution < 1.29 is 0 Å².